The van der Waals surface area contributed by atoms with Crippen LogP contribution in [0.5, 0.6) is 0 Å². The highest BCUT2D eigenvalue weighted by Crippen LogP contribution is 2.55. The number of aromatic amines is 1. The molecule has 0 spiro atoms. The van der Waals surface area contributed by atoms with E-state index in [4.69, 9.17) is 11.6 Å². The standard InChI is InChI=1S/C35H32ClN4O6P/c36-24-12-13-29-31(20-24)40(35(43)38-29)25-14-16-39(17-15-25)34(42)28-18-22-7-1-2-8-23(22)19-30(28)37-33(41)32(47(44,45)46)27-11-5-9-21-6-3-4-10-26(21)27/h1-13,18-20,25,32-33,37,41H,14-17H2,(H,38,43)(H2,44,45,46). The van der Waals surface area contributed by atoms with Crippen molar-refractivity contribution in [3.8, 4) is 0 Å². The number of amides is 1. The monoisotopic (exact) mass is 670 g/mol. The van der Waals surface area contributed by atoms with Crippen molar-refractivity contribution in [3.63, 3.8) is 0 Å². The lowest BCUT2D eigenvalue weighted by atomic mass is 9.99. The van der Waals surface area contributed by atoms with Crippen molar-refractivity contribution >= 4 is 63.4 Å². The van der Waals surface area contributed by atoms with Crippen LogP contribution in [0.4, 0.5) is 5.69 Å². The van der Waals surface area contributed by atoms with Crippen LogP contribution >= 0.6 is 19.2 Å². The maximum absolute atomic E-state index is 14.1. The Balaban J connectivity index is 1.20. The van der Waals surface area contributed by atoms with Crippen LogP contribution in [0.1, 0.15) is 40.5 Å². The fourth-order valence-corrected chi connectivity index (χ4v) is 7.97. The smallest absolute Gasteiger partial charge is 0.337 e. The van der Waals surface area contributed by atoms with Gasteiger partial charge in [0, 0.05) is 29.8 Å². The Morgan fingerprint density at radius 3 is 2.28 bits per heavy atom. The summed E-state index contributed by atoms with van der Waals surface area (Å²) in [5.74, 6) is -0.295. The van der Waals surface area contributed by atoms with E-state index in [0.717, 1.165) is 16.2 Å². The molecule has 2 heterocycles. The number of aromatic nitrogens is 2. The summed E-state index contributed by atoms with van der Waals surface area (Å²) in [6.45, 7) is 0.748. The van der Waals surface area contributed by atoms with Gasteiger partial charge in [-0.25, -0.2) is 4.79 Å². The Bertz CT molecular complexity index is 2250. The van der Waals surface area contributed by atoms with E-state index in [1.165, 1.54) is 0 Å². The first kappa shape index (κ1) is 31.2. The maximum Gasteiger partial charge on any atom is 0.337 e. The van der Waals surface area contributed by atoms with Crippen LogP contribution in [-0.2, 0) is 4.57 Å². The lowest BCUT2D eigenvalue weighted by molar-refractivity contribution is 0.0696. The highest BCUT2D eigenvalue weighted by molar-refractivity contribution is 7.52. The number of aliphatic hydroxyl groups excluding tert-OH is 1. The first-order chi connectivity index (χ1) is 22.6. The highest BCUT2D eigenvalue weighted by Gasteiger charge is 2.39. The predicted molar refractivity (Wildman–Crippen MR) is 184 cm³/mol. The average molecular weight is 671 g/mol. The fourth-order valence-electron chi connectivity index (χ4n) is 6.77. The zero-order valence-electron chi connectivity index (χ0n) is 25.1. The summed E-state index contributed by atoms with van der Waals surface area (Å²) < 4.78 is 14.6. The number of piperidine rings is 1. The third kappa shape index (κ3) is 5.95. The van der Waals surface area contributed by atoms with Crippen LogP contribution in [0.3, 0.4) is 0 Å². The summed E-state index contributed by atoms with van der Waals surface area (Å²) in [7, 11) is -4.91. The second kappa shape index (κ2) is 12.3. The summed E-state index contributed by atoms with van der Waals surface area (Å²) in [4.78, 5) is 52.6. The SMILES string of the molecule is O=C(c1cc2ccccc2cc1NC(O)C(c1cccc2ccccc12)P(=O)(O)O)N1CCC(n2c(=O)[nH]c3ccc(Cl)cc32)CC1. The van der Waals surface area contributed by atoms with Crippen molar-refractivity contribution in [2.24, 2.45) is 0 Å². The molecule has 7 rings (SSSR count). The number of fused-ring (bicyclic) bond motifs is 3. The number of imidazole rings is 1. The third-order valence-corrected chi connectivity index (χ3v) is 10.5. The van der Waals surface area contributed by atoms with E-state index in [1.54, 1.807) is 64.1 Å². The van der Waals surface area contributed by atoms with Gasteiger partial charge in [-0.15, -0.1) is 0 Å². The van der Waals surface area contributed by atoms with E-state index in [2.05, 4.69) is 10.3 Å². The van der Waals surface area contributed by atoms with Crippen LogP contribution in [0, 0.1) is 0 Å². The van der Waals surface area contributed by atoms with Gasteiger partial charge in [0.15, 0.2) is 0 Å². The number of likely N-dealkylation sites (tertiary alicyclic amines) is 1. The number of carbonyl (C=O) groups excluding carboxylic acids is 1. The number of nitrogens with zero attached hydrogens (tertiary/aromatic N) is 2. The molecule has 240 valence electrons. The zero-order valence-corrected chi connectivity index (χ0v) is 26.7. The molecule has 0 radical (unpaired) electrons. The van der Waals surface area contributed by atoms with Crippen molar-refractivity contribution in [2.75, 3.05) is 18.4 Å². The molecule has 2 unspecified atom stereocenters. The second-order valence-corrected chi connectivity index (χ2v) is 14.1. The Kier molecular flexibility index (Phi) is 8.16. The summed E-state index contributed by atoms with van der Waals surface area (Å²) >= 11 is 6.22. The fraction of sp³-hybridized carbons (Fsp3) is 0.200. The number of nitrogens with one attached hydrogen (secondary N) is 2. The van der Waals surface area contributed by atoms with E-state index in [0.29, 0.717) is 52.9 Å². The van der Waals surface area contributed by atoms with Crippen molar-refractivity contribution in [1.29, 1.82) is 0 Å². The number of aliphatic hydroxyl groups is 1. The Labute approximate surface area is 274 Å². The van der Waals surface area contributed by atoms with Gasteiger partial charge < -0.3 is 30.1 Å². The van der Waals surface area contributed by atoms with Crippen molar-refractivity contribution in [3.05, 3.63) is 124 Å². The quantitative estimate of drug-likeness (QED) is 0.0973. The predicted octanol–water partition coefficient (Wildman–Crippen LogP) is 6.42. The van der Waals surface area contributed by atoms with E-state index >= 15 is 0 Å². The molecule has 0 saturated carbocycles. The van der Waals surface area contributed by atoms with E-state index in [9.17, 15) is 29.0 Å². The number of H-pyrrole nitrogens is 1. The molecule has 1 amide bonds. The molecular weight excluding hydrogens is 639 g/mol. The highest BCUT2D eigenvalue weighted by atomic mass is 35.5. The van der Waals surface area contributed by atoms with Crippen molar-refractivity contribution < 1.29 is 24.3 Å². The molecule has 0 aliphatic carbocycles. The normalized spacial score (nSPS) is 15.7. The van der Waals surface area contributed by atoms with Crippen molar-refractivity contribution in [2.45, 2.75) is 30.8 Å². The summed E-state index contributed by atoms with van der Waals surface area (Å²) in [6, 6.07) is 28.3. The summed E-state index contributed by atoms with van der Waals surface area (Å²) in [5.41, 5.74) is 0.383. The maximum atomic E-state index is 14.1. The summed E-state index contributed by atoms with van der Waals surface area (Å²) in [6.07, 6.45) is -0.669. The number of rotatable bonds is 7. The summed E-state index contributed by atoms with van der Waals surface area (Å²) in [5, 5.41) is 17.9. The van der Waals surface area contributed by atoms with Gasteiger partial charge in [0.2, 0.25) is 0 Å². The third-order valence-electron chi connectivity index (χ3n) is 9.02. The molecule has 12 heteroatoms. The van der Waals surface area contributed by atoms with Crippen LogP contribution in [0.2, 0.25) is 5.02 Å². The van der Waals surface area contributed by atoms with Gasteiger partial charge in [0.1, 0.15) is 11.9 Å². The van der Waals surface area contributed by atoms with Gasteiger partial charge >= 0.3 is 13.3 Å². The molecule has 10 nitrogen and oxygen atoms in total. The van der Waals surface area contributed by atoms with Crippen LogP contribution in [-0.4, -0.2) is 54.6 Å². The number of hydrogen-bond donors (Lipinski definition) is 5. The van der Waals surface area contributed by atoms with Crippen LogP contribution in [0.15, 0.2) is 102 Å². The van der Waals surface area contributed by atoms with Crippen LogP contribution < -0.4 is 11.0 Å². The molecule has 47 heavy (non-hydrogen) atoms. The van der Waals surface area contributed by atoms with Gasteiger partial charge in [-0.05, 0) is 70.3 Å². The minimum atomic E-state index is -4.91. The molecule has 2 atom stereocenters. The molecule has 1 aliphatic heterocycles. The molecule has 1 aliphatic rings. The lowest BCUT2D eigenvalue weighted by Gasteiger charge is -2.33. The number of benzene rings is 5. The van der Waals surface area contributed by atoms with E-state index in [1.807, 2.05) is 42.5 Å². The molecule has 1 saturated heterocycles. The number of anilines is 1. The Morgan fingerprint density at radius 1 is 0.894 bits per heavy atom. The molecule has 0 bridgehead atoms. The second-order valence-electron chi connectivity index (χ2n) is 11.9. The number of hydrogen-bond acceptors (Lipinski definition) is 5. The first-order valence-electron chi connectivity index (χ1n) is 15.3. The topological polar surface area (TPSA) is 148 Å². The Hall–Kier alpha value is -4.44. The molecular formula is C35H32ClN4O6P. The minimum Gasteiger partial charge on any atom is -0.372 e. The molecule has 5 aromatic carbocycles. The Morgan fingerprint density at radius 2 is 1.55 bits per heavy atom. The van der Waals surface area contributed by atoms with E-state index in [-0.39, 0.29) is 28.9 Å². The molecule has 5 N–H and O–H groups in total. The number of halogens is 1. The molecule has 1 aromatic heterocycles. The number of carbonyl (C=O) groups is 1. The van der Waals surface area contributed by atoms with Gasteiger partial charge in [0.05, 0.1) is 16.6 Å². The largest absolute Gasteiger partial charge is 0.372 e. The van der Waals surface area contributed by atoms with Gasteiger partial charge in [-0.3, -0.25) is 13.9 Å². The first-order valence-corrected chi connectivity index (χ1v) is 17.3. The van der Waals surface area contributed by atoms with Gasteiger partial charge in [0.25, 0.3) is 5.91 Å². The van der Waals surface area contributed by atoms with Gasteiger partial charge in [-0.2, -0.15) is 0 Å². The zero-order chi connectivity index (χ0) is 32.9. The lowest BCUT2D eigenvalue weighted by Crippen LogP contribution is -2.41. The van der Waals surface area contributed by atoms with E-state index < -0.39 is 19.5 Å². The average Bonchev–Trinajstić information content (AvgIpc) is 3.38. The minimum absolute atomic E-state index is 0.139. The molecule has 6 aromatic rings. The molecule has 1 fully saturated rings. The van der Waals surface area contributed by atoms with Crippen molar-refractivity contribution in [1.82, 2.24) is 14.5 Å². The van der Waals surface area contributed by atoms with Crippen LogP contribution in [0.25, 0.3) is 32.6 Å². The van der Waals surface area contributed by atoms with Gasteiger partial charge in [-0.1, -0.05) is 78.3 Å².